The molecule has 5 heteroatoms. The quantitative estimate of drug-likeness (QED) is 0.213. The maximum absolute atomic E-state index is 13.3. The number of hydrogen-bond acceptors (Lipinski definition) is 4. The first-order chi connectivity index (χ1) is 16.1. The van der Waals surface area contributed by atoms with Crippen molar-refractivity contribution in [1.82, 2.24) is 9.80 Å². The van der Waals surface area contributed by atoms with E-state index in [1.54, 1.807) is 7.05 Å². The van der Waals surface area contributed by atoms with Crippen LogP contribution in [0.25, 0.3) is 0 Å². The van der Waals surface area contributed by atoms with Crippen LogP contribution in [0.3, 0.4) is 0 Å². The largest absolute Gasteiger partial charge is 0.444 e. The van der Waals surface area contributed by atoms with Gasteiger partial charge >= 0.3 is 5.97 Å². The minimum atomic E-state index is -0.607. The number of benzene rings is 3. The molecular weight excluding hydrogens is 412 g/mol. The van der Waals surface area contributed by atoms with E-state index in [1.165, 1.54) is 4.90 Å². The molecule has 1 fully saturated rings. The Bertz CT molecular complexity index is 973. The fourth-order valence-electron chi connectivity index (χ4n) is 4.52. The van der Waals surface area contributed by atoms with Crippen molar-refractivity contribution in [3.63, 3.8) is 0 Å². The van der Waals surface area contributed by atoms with E-state index in [4.69, 9.17) is 4.74 Å². The highest BCUT2D eigenvalue weighted by molar-refractivity contribution is 5.85. The molecule has 0 saturated carbocycles. The summed E-state index contributed by atoms with van der Waals surface area (Å²) >= 11 is 0. The molecule has 1 saturated heterocycles. The van der Waals surface area contributed by atoms with Crippen LogP contribution < -0.4 is 0 Å². The normalized spacial score (nSPS) is 17.3. The van der Waals surface area contributed by atoms with E-state index < -0.39 is 5.54 Å². The van der Waals surface area contributed by atoms with Crippen molar-refractivity contribution in [2.75, 3.05) is 20.3 Å². The van der Waals surface area contributed by atoms with Crippen LogP contribution in [-0.2, 0) is 19.9 Å². The average molecular weight is 443 g/mol. The Labute approximate surface area is 195 Å². The van der Waals surface area contributed by atoms with Crippen LogP contribution in [0.15, 0.2) is 91.0 Å². The number of carbonyl (C=O) groups excluding carboxylic acids is 2. The predicted molar refractivity (Wildman–Crippen MR) is 128 cm³/mol. The third-order valence-corrected chi connectivity index (χ3v) is 6.15. The van der Waals surface area contributed by atoms with Gasteiger partial charge in [0, 0.05) is 20.0 Å². The SMILES string of the molecule is CCCC(=O)OCN(C)C(=O)[C@@H]1CN1C(c1ccccc1)(c1ccccc1)c1ccccc1. The molecular formula is C28H30N2O3. The van der Waals surface area contributed by atoms with Gasteiger partial charge in [0.2, 0.25) is 5.91 Å². The molecule has 1 heterocycles. The molecule has 33 heavy (non-hydrogen) atoms. The molecule has 3 aromatic rings. The van der Waals surface area contributed by atoms with Gasteiger partial charge in [0.05, 0.1) is 5.54 Å². The first-order valence-electron chi connectivity index (χ1n) is 11.4. The van der Waals surface area contributed by atoms with Gasteiger partial charge in [0.1, 0.15) is 6.04 Å². The maximum Gasteiger partial charge on any atom is 0.307 e. The monoisotopic (exact) mass is 442 g/mol. The van der Waals surface area contributed by atoms with Crippen molar-refractivity contribution in [2.24, 2.45) is 0 Å². The molecule has 1 aliphatic rings. The van der Waals surface area contributed by atoms with Crippen molar-refractivity contribution in [3.05, 3.63) is 108 Å². The fraction of sp³-hybridized carbons (Fsp3) is 0.286. The van der Waals surface area contributed by atoms with Crippen molar-refractivity contribution in [1.29, 1.82) is 0 Å². The number of likely N-dealkylation sites (N-methyl/N-ethyl adjacent to an activating group) is 1. The lowest BCUT2D eigenvalue weighted by atomic mass is 9.76. The Balaban J connectivity index is 1.70. The highest BCUT2D eigenvalue weighted by Crippen LogP contribution is 2.48. The molecule has 1 unspecified atom stereocenters. The van der Waals surface area contributed by atoms with Gasteiger partial charge in [-0.25, -0.2) is 0 Å². The minimum Gasteiger partial charge on any atom is -0.444 e. The second-order valence-electron chi connectivity index (χ2n) is 8.41. The molecule has 0 spiro atoms. The van der Waals surface area contributed by atoms with Gasteiger partial charge in [0.15, 0.2) is 6.73 Å². The highest BCUT2D eigenvalue weighted by Gasteiger charge is 2.56. The summed E-state index contributed by atoms with van der Waals surface area (Å²) in [4.78, 5) is 28.8. The number of nitrogens with zero attached hydrogens (tertiary/aromatic N) is 2. The van der Waals surface area contributed by atoms with Crippen LogP contribution in [-0.4, -0.2) is 48.0 Å². The fourth-order valence-corrected chi connectivity index (χ4v) is 4.52. The van der Waals surface area contributed by atoms with E-state index in [9.17, 15) is 9.59 Å². The van der Waals surface area contributed by atoms with E-state index in [0.717, 1.165) is 23.1 Å². The molecule has 2 atom stereocenters. The summed E-state index contributed by atoms with van der Waals surface area (Å²) in [5, 5.41) is 0. The number of ether oxygens (including phenoxy) is 1. The van der Waals surface area contributed by atoms with Crippen molar-refractivity contribution < 1.29 is 14.3 Å². The molecule has 5 nitrogen and oxygen atoms in total. The lowest BCUT2D eigenvalue weighted by Crippen LogP contribution is -2.42. The molecule has 0 radical (unpaired) electrons. The second-order valence-corrected chi connectivity index (χ2v) is 8.41. The standard InChI is InChI=1S/C28H30N2O3/c1-3-13-26(31)33-21-29(2)27(32)25-20-30(25)28(22-14-7-4-8-15-22,23-16-9-5-10-17-23)24-18-11-6-12-19-24/h4-12,14-19,25H,3,13,20-21H2,1-2H3/t25-,30?/m0/s1. The second kappa shape index (κ2) is 10.0. The van der Waals surface area contributed by atoms with E-state index in [-0.39, 0.29) is 24.6 Å². The smallest absolute Gasteiger partial charge is 0.307 e. The zero-order valence-corrected chi connectivity index (χ0v) is 19.2. The number of hydrogen-bond donors (Lipinski definition) is 0. The third-order valence-electron chi connectivity index (χ3n) is 6.15. The van der Waals surface area contributed by atoms with Crippen LogP contribution in [0.5, 0.6) is 0 Å². The summed E-state index contributed by atoms with van der Waals surface area (Å²) in [6.07, 6.45) is 1.08. The molecule has 0 bridgehead atoms. The summed E-state index contributed by atoms with van der Waals surface area (Å²) in [5.74, 6) is -0.330. The minimum absolute atomic E-state index is 0.0307. The van der Waals surface area contributed by atoms with Gasteiger partial charge in [0.25, 0.3) is 0 Å². The van der Waals surface area contributed by atoms with E-state index in [2.05, 4.69) is 41.3 Å². The van der Waals surface area contributed by atoms with E-state index in [0.29, 0.717) is 13.0 Å². The van der Waals surface area contributed by atoms with Crippen LogP contribution in [0.1, 0.15) is 36.5 Å². The molecule has 1 amide bonds. The van der Waals surface area contributed by atoms with Gasteiger partial charge in [-0.05, 0) is 23.1 Å². The van der Waals surface area contributed by atoms with E-state index >= 15 is 0 Å². The summed E-state index contributed by atoms with van der Waals surface area (Å²) in [6, 6.07) is 30.7. The molecule has 0 aliphatic carbocycles. The van der Waals surface area contributed by atoms with Crippen molar-refractivity contribution in [3.8, 4) is 0 Å². The van der Waals surface area contributed by atoms with E-state index in [1.807, 2.05) is 61.5 Å². The zero-order chi connectivity index (χ0) is 23.3. The topological polar surface area (TPSA) is 49.6 Å². The number of esters is 1. The Morgan fingerprint density at radius 1 is 0.879 bits per heavy atom. The Kier molecular flexibility index (Phi) is 6.90. The van der Waals surface area contributed by atoms with Crippen LogP contribution in [0, 0.1) is 0 Å². The van der Waals surface area contributed by atoms with Gasteiger partial charge in [-0.15, -0.1) is 0 Å². The summed E-state index contributed by atoms with van der Waals surface area (Å²) in [5.41, 5.74) is 2.71. The first kappa shape index (κ1) is 22.7. The Hall–Kier alpha value is -3.44. The van der Waals surface area contributed by atoms with Gasteiger partial charge < -0.3 is 9.64 Å². The lowest BCUT2D eigenvalue weighted by Gasteiger charge is -2.38. The summed E-state index contributed by atoms with van der Waals surface area (Å²) < 4.78 is 5.27. The van der Waals surface area contributed by atoms with Crippen LogP contribution >= 0.6 is 0 Å². The summed E-state index contributed by atoms with van der Waals surface area (Å²) in [7, 11) is 1.69. The van der Waals surface area contributed by atoms with Crippen LogP contribution in [0.2, 0.25) is 0 Å². The highest BCUT2D eigenvalue weighted by atomic mass is 16.5. The Morgan fingerprint density at radius 2 is 1.33 bits per heavy atom. The average Bonchev–Trinajstić information content (AvgIpc) is 3.66. The maximum atomic E-state index is 13.3. The molecule has 4 rings (SSSR count). The van der Waals surface area contributed by atoms with Crippen LogP contribution in [0.4, 0.5) is 0 Å². The van der Waals surface area contributed by atoms with Crippen molar-refractivity contribution in [2.45, 2.75) is 31.3 Å². The number of rotatable bonds is 9. The third kappa shape index (κ3) is 4.55. The van der Waals surface area contributed by atoms with Crippen molar-refractivity contribution >= 4 is 11.9 Å². The molecule has 3 aromatic carbocycles. The molecule has 1 aliphatic heterocycles. The molecule has 0 N–H and O–H groups in total. The zero-order valence-electron chi connectivity index (χ0n) is 19.2. The number of amides is 1. The van der Waals surface area contributed by atoms with Gasteiger partial charge in [-0.2, -0.15) is 0 Å². The number of carbonyl (C=O) groups is 2. The first-order valence-corrected chi connectivity index (χ1v) is 11.4. The molecule has 170 valence electrons. The predicted octanol–water partition coefficient (Wildman–Crippen LogP) is 4.42. The van der Waals surface area contributed by atoms with Gasteiger partial charge in [-0.1, -0.05) is 97.9 Å². The summed E-state index contributed by atoms with van der Waals surface area (Å²) in [6.45, 7) is 2.51. The van der Waals surface area contributed by atoms with Gasteiger partial charge in [-0.3, -0.25) is 14.5 Å². The lowest BCUT2D eigenvalue weighted by molar-refractivity contribution is -0.152. The Morgan fingerprint density at radius 3 is 1.76 bits per heavy atom. The molecule has 0 aromatic heterocycles.